The van der Waals surface area contributed by atoms with Gasteiger partial charge in [-0.25, -0.2) is 0 Å². The molecule has 1 amide bonds. The normalized spacial score (nSPS) is 12.1. The Morgan fingerprint density at radius 2 is 1.92 bits per heavy atom. The molecule has 0 saturated heterocycles. The van der Waals surface area contributed by atoms with Crippen LogP contribution in [0.15, 0.2) is 47.3 Å². The first-order chi connectivity index (χ1) is 11.5. The third kappa shape index (κ3) is 2.22. The van der Waals surface area contributed by atoms with E-state index >= 15 is 0 Å². The molecule has 0 spiro atoms. The lowest BCUT2D eigenvalue weighted by Crippen LogP contribution is -2.23. The van der Waals surface area contributed by atoms with Crippen molar-refractivity contribution >= 4 is 16.7 Å². The van der Waals surface area contributed by atoms with E-state index in [0.717, 1.165) is 34.2 Å². The van der Waals surface area contributed by atoms with E-state index in [2.05, 4.69) is 11.1 Å². The molecule has 0 saturated carbocycles. The Labute approximate surface area is 139 Å². The number of carbonyl (C=O) groups excluding carboxylic acids is 1. The minimum absolute atomic E-state index is 0.0547. The maximum absolute atomic E-state index is 12.5. The van der Waals surface area contributed by atoms with Crippen LogP contribution in [0.2, 0.25) is 0 Å². The third-order valence-electron chi connectivity index (χ3n) is 4.70. The lowest BCUT2D eigenvalue weighted by molar-refractivity contribution is -0.127. The summed E-state index contributed by atoms with van der Waals surface area (Å²) in [5.41, 5.74) is 5.24. The van der Waals surface area contributed by atoms with Gasteiger partial charge in [0.25, 0.3) is 5.56 Å². The molecule has 4 nitrogen and oxygen atoms in total. The fourth-order valence-corrected chi connectivity index (χ4v) is 3.40. The summed E-state index contributed by atoms with van der Waals surface area (Å²) in [5.74, 6) is 0.0547. The number of pyridine rings is 1. The number of carbonyl (C=O) groups is 1. The maximum atomic E-state index is 12.5. The third-order valence-corrected chi connectivity index (χ3v) is 4.70. The van der Waals surface area contributed by atoms with Crippen LogP contribution >= 0.6 is 0 Å². The first-order valence-corrected chi connectivity index (χ1v) is 8.01. The highest BCUT2D eigenvalue weighted by Crippen LogP contribution is 2.37. The van der Waals surface area contributed by atoms with E-state index in [1.165, 1.54) is 5.56 Å². The van der Waals surface area contributed by atoms with Crippen molar-refractivity contribution in [1.29, 1.82) is 0 Å². The summed E-state index contributed by atoms with van der Waals surface area (Å²) in [7, 11) is 3.50. The van der Waals surface area contributed by atoms with E-state index in [-0.39, 0.29) is 11.5 Å². The maximum Gasteiger partial charge on any atom is 0.256 e. The molecule has 1 aliphatic carbocycles. The Bertz CT molecular complexity index is 1030. The van der Waals surface area contributed by atoms with Crippen LogP contribution in [0.1, 0.15) is 16.7 Å². The molecule has 0 bridgehead atoms. The van der Waals surface area contributed by atoms with E-state index in [9.17, 15) is 9.59 Å². The predicted octanol–water partition coefficient (Wildman–Crippen LogP) is 2.73. The fourth-order valence-electron chi connectivity index (χ4n) is 3.40. The zero-order valence-corrected chi connectivity index (χ0v) is 13.7. The molecule has 2 aromatic carbocycles. The van der Waals surface area contributed by atoms with Crippen molar-refractivity contribution in [3.63, 3.8) is 0 Å². The summed E-state index contributed by atoms with van der Waals surface area (Å²) >= 11 is 0. The number of aromatic nitrogens is 1. The van der Waals surface area contributed by atoms with Gasteiger partial charge in [-0.05, 0) is 28.1 Å². The van der Waals surface area contributed by atoms with E-state index in [4.69, 9.17) is 0 Å². The number of nitrogens with zero attached hydrogens (tertiary/aromatic N) is 1. The van der Waals surface area contributed by atoms with E-state index < -0.39 is 0 Å². The van der Waals surface area contributed by atoms with Crippen molar-refractivity contribution < 1.29 is 4.79 Å². The lowest BCUT2D eigenvalue weighted by Gasteiger charge is -2.11. The van der Waals surface area contributed by atoms with Crippen LogP contribution in [0.5, 0.6) is 0 Å². The Kier molecular flexibility index (Phi) is 3.27. The van der Waals surface area contributed by atoms with Crippen LogP contribution < -0.4 is 5.56 Å². The summed E-state index contributed by atoms with van der Waals surface area (Å²) < 4.78 is 0. The average molecular weight is 318 g/mol. The molecule has 1 aliphatic rings. The van der Waals surface area contributed by atoms with Crippen LogP contribution in [0.3, 0.4) is 0 Å². The molecule has 0 unspecified atom stereocenters. The van der Waals surface area contributed by atoms with Gasteiger partial charge in [0.15, 0.2) is 0 Å². The predicted molar refractivity (Wildman–Crippen MR) is 95.2 cm³/mol. The number of amides is 1. The van der Waals surface area contributed by atoms with Crippen LogP contribution in [0.4, 0.5) is 0 Å². The van der Waals surface area contributed by atoms with Crippen molar-refractivity contribution in [2.24, 2.45) is 0 Å². The molecule has 1 heterocycles. The summed E-state index contributed by atoms with van der Waals surface area (Å²) in [6.45, 7) is 0. The van der Waals surface area contributed by atoms with Crippen molar-refractivity contribution in [3.8, 4) is 11.3 Å². The first-order valence-electron chi connectivity index (χ1n) is 8.01. The van der Waals surface area contributed by atoms with Gasteiger partial charge in [-0.15, -0.1) is 0 Å². The standard InChI is InChI=1S/C20H18N2O2/c1-22(2)18(23)10-12-7-8-15-16(9-12)17-11-13-5-3-4-6-14(13)19(17)21-20(15)24/h3-9H,10-11H2,1-2H3,(H,21,24). The summed E-state index contributed by atoms with van der Waals surface area (Å²) in [6, 6.07) is 13.8. The Morgan fingerprint density at radius 1 is 1.12 bits per heavy atom. The average Bonchev–Trinajstić information content (AvgIpc) is 2.94. The lowest BCUT2D eigenvalue weighted by atomic mass is 10.0. The number of aromatic amines is 1. The van der Waals surface area contributed by atoms with Gasteiger partial charge in [0, 0.05) is 31.5 Å². The quantitative estimate of drug-likeness (QED) is 0.618. The largest absolute Gasteiger partial charge is 0.349 e. The molecule has 3 aromatic rings. The highest BCUT2D eigenvalue weighted by Gasteiger charge is 2.22. The smallest absolute Gasteiger partial charge is 0.256 e. The Balaban J connectivity index is 1.90. The van der Waals surface area contributed by atoms with Crippen LogP contribution in [0.25, 0.3) is 22.0 Å². The van der Waals surface area contributed by atoms with Crippen molar-refractivity contribution in [3.05, 3.63) is 69.5 Å². The van der Waals surface area contributed by atoms with Gasteiger partial charge in [-0.1, -0.05) is 36.4 Å². The van der Waals surface area contributed by atoms with Gasteiger partial charge in [0.05, 0.1) is 12.1 Å². The highest BCUT2D eigenvalue weighted by molar-refractivity contribution is 5.93. The molecule has 0 fully saturated rings. The number of benzene rings is 2. The van der Waals surface area contributed by atoms with Gasteiger partial charge in [-0.3, -0.25) is 9.59 Å². The number of likely N-dealkylation sites (N-methyl/N-ethyl adjacent to an activating group) is 1. The van der Waals surface area contributed by atoms with E-state index in [0.29, 0.717) is 11.8 Å². The molecule has 1 aromatic heterocycles. The SMILES string of the molecule is CN(C)C(=O)Cc1ccc2c(=O)[nH]c3c(c2c1)Cc1ccccc1-3. The Morgan fingerprint density at radius 3 is 2.71 bits per heavy atom. The van der Waals surface area contributed by atoms with Crippen LogP contribution in [0, 0.1) is 0 Å². The summed E-state index contributed by atoms with van der Waals surface area (Å²) in [6.07, 6.45) is 1.15. The van der Waals surface area contributed by atoms with Crippen LogP contribution in [-0.2, 0) is 17.6 Å². The first kappa shape index (κ1) is 14.7. The molecule has 1 N–H and O–H groups in total. The van der Waals surface area contributed by atoms with Gasteiger partial charge in [0.2, 0.25) is 5.91 Å². The van der Waals surface area contributed by atoms with Gasteiger partial charge in [-0.2, -0.15) is 0 Å². The van der Waals surface area contributed by atoms with Crippen molar-refractivity contribution in [2.75, 3.05) is 14.1 Å². The summed E-state index contributed by atoms with van der Waals surface area (Å²) in [4.78, 5) is 29.1. The monoisotopic (exact) mass is 318 g/mol. The molecule has 4 heteroatoms. The molecule has 4 rings (SSSR count). The number of hydrogen-bond acceptors (Lipinski definition) is 2. The van der Waals surface area contributed by atoms with Gasteiger partial charge in [0.1, 0.15) is 0 Å². The zero-order valence-electron chi connectivity index (χ0n) is 13.7. The van der Waals surface area contributed by atoms with E-state index in [1.807, 2.05) is 36.4 Å². The molecule has 0 atom stereocenters. The molecule has 120 valence electrons. The van der Waals surface area contributed by atoms with Gasteiger partial charge < -0.3 is 9.88 Å². The molecule has 0 aliphatic heterocycles. The fraction of sp³-hybridized carbons (Fsp3) is 0.200. The number of fused-ring (bicyclic) bond motifs is 5. The molecule has 24 heavy (non-hydrogen) atoms. The Hall–Kier alpha value is -2.88. The van der Waals surface area contributed by atoms with Gasteiger partial charge >= 0.3 is 0 Å². The second kappa shape index (κ2) is 5.34. The topological polar surface area (TPSA) is 53.2 Å². The number of rotatable bonds is 2. The van der Waals surface area contributed by atoms with E-state index in [1.54, 1.807) is 19.0 Å². The minimum atomic E-state index is -0.0778. The highest BCUT2D eigenvalue weighted by atomic mass is 16.2. The number of nitrogens with one attached hydrogen (secondary N) is 1. The molecule has 0 radical (unpaired) electrons. The minimum Gasteiger partial charge on any atom is -0.349 e. The van der Waals surface area contributed by atoms with Crippen LogP contribution in [-0.4, -0.2) is 29.9 Å². The molecular formula is C20H18N2O2. The second-order valence-electron chi connectivity index (χ2n) is 6.49. The molecular weight excluding hydrogens is 300 g/mol. The number of H-pyrrole nitrogens is 1. The second-order valence-corrected chi connectivity index (χ2v) is 6.49. The van der Waals surface area contributed by atoms with Crippen molar-refractivity contribution in [1.82, 2.24) is 9.88 Å². The van der Waals surface area contributed by atoms with Crippen molar-refractivity contribution in [2.45, 2.75) is 12.8 Å². The number of hydrogen-bond donors (Lipinski definition) is 1. The summed E-state index contributed by atoms with van der Waals surface area (Å²) in [5, 5.41) is 1.64. The zero-order chi connectivity index (χ0) is 16.8.